The molecule has 58 heavy (non-hydrogen) atoms. The molecule has 0 amide bonds. The third kappa shape index (κ3) is 4.53. The van der Waals surface area contributed by atoms with Crippen molar-refractivity contribution in [2.24, 2.45) is 0 Å². The van der Waals surface area contributed by atoms with Crippen LogP contribution in [0.1, 0.15) is 72.6 Å². The average Bonchev–Trinajstić information content (AvgIpc) is 3.82. The topological polar surface area (TPSA) is 13.1 Å². The molecule has 9 aromatic carbocycles. The number of rotatable bonds is 4. The highest BCUT2D eigenvalue weighted by Gasteiger charge is 2.37. The van der Waals surface area contributed by atoms with Crippen molar-refractivity contribution < 1.29 is 4.42 Å². The second-order valence-electron chi connectivity index (χ2n) is 17.6. The third-order valence-corrected chi connectivity index (χ3v) is 13.8. The van der Waals surface area contributed by atoms with E-state index in [9.17, 15) is 0 Å². The van der Waals surface area contributed by atoms with E-state index in [4.69, 9.17) is 4.42 Å². The molecular weight excluding hydrogens is 701 g/mol. The Hall–Kier alpha value is -6.70. The lowest BCUT2D eigenvalue weighted by atomic mass is 9.78. The van der Waals surface area contributed by atoms with Crippen molar-refractivity contribution in [3.63, 3.8) is 0 Å². The van der Waals surface area contributed by atoms with Crippen molar-refractivity contribution in [1.82, 2.24) is 0 Å². The van der Waals surface area contributed by atoms with E-state index in [1.807, 2.05) is 0 Å². The van der Waals surface area contributed by atoms with E-state index >= 15 is 0 Å². The van der Waals surface area contributed by atoms with E-state index in [1.165, 1.54) is 88.3 Å². The van der Waals surface area contributed by atoms with Crippen LogP contribution in [0.2, 0.25) is 0 Å². The molecule has 10 aromatic rings. The lowest BCUT2D eigenvalue weighted by molar-refractivity contribution is 0.656. The van der Waals surface area contributed by atoms with Crippen LogP contribution < -0.4 is 0 Å². The average molecular weight is 743 g/mol. The first kappa shape index (κ1) is 33.4. The van der Waals surface area contributed by atoms with E-state index in [2.05, 4.69) is 204 Å². The zero-order valence-electron chi connectivity index (χ0n) is 33.2. The molecular formula is C57H42O. The first-order chi connectivity index (χ1) is 28.3. The van der Waals surface area contributed by atoms with Crippen LogP contribution in [0, 0.1) is 0 Å². The SMILES string of the molecule is CC1(C)c2ccccc2-c2ccc(-c3c4ccccc4cc4c3oc3c(C(c5ccc6c(c5)C(C)(C)c5ccccc5-6)c5cccc6ccccc56)cccc34)cc21. The maximum Gasteiger partial charge on any atom is 0.143 e. The highest BCUT2D eigenvalue weighted by Crippen LogP contribution is 2.53. The summed E-state index contributed by atoms with van der Waals surface area (Å²) in [7, 11) is 0. The fraction of sp³-hybridized carbons (Fsp3) is 0.123. The van der Waals surface area contributed by atoms with Gasteiger partial charge >= 0.3 is 0 Å². The van der Waals surface area contributed by atoms with Crippen LogP contribution in [0.25, 0.3) is 76.9 Å². The molecule has 0 radical (unpaired) electrons. The second kappa shape index (κ2) is 11.9. The van der Waals surface area contributed by atoms with Crippen molar-refractivity contribution in [3.05, 3.63) is 215 Å². The van der Waals surface area contributed by atoms with Gasteiger partial charge in [0.2, 0.25) is 0 Å². The third-order valence-electron chi connectivity index (χ3n) is 13.8. The van der Waals surface area contributed by atoms with Gasteiger partial charge in [0.1, 0.15) is 11.2 Å². The lowest BCUT2D eigenvalue weighted by Gasteiger charge is -2.25. The highest BCUT2D eigenvalue weighted by molar-refractivity contribution is 6.19. The molecule has 1 atom stereocenters. The Balaban J connectivity index is 1.13. The minimum absolute atomic E-state index is 0.0719. The first-order valence-corrected chi connectivity index (χ1v) is 20.6. The summed E-state index contributed by atoms with van der Waals surface area (Å²) in [6.45, 7) is 9.47. The Morgan fingerprint density at radius 1 is 0.379 bits per heavy atom. The van der Waals surface area contributed by atoms with Crippen LogP contribution in [0.4, 0.5) is 0 Å². The molecule has 0 saturated heterocycles. The van der Waals surface area contributed by atoms with Gasteiger partial charge in [-0.2, -0.15) is 0 Å². The van der Waals surface area contributed by atoms with Gasteiger partial charge in [0.25, 0.3) is 0 Å². The van der Waals surface area contributed by atoms with Gasteiger partial charge in [0, 0.05) is 38.6 Å². The summed E-state index contributed by atoms with van der Waals surface area (Å²) in [6, 6.07) is 65.7. The molecule has 1 nitrogen and oxygen atoms in total. The number of benzene rings is 9. The zero-order chi connectivity index (χ0) is 38.9. The van der Waals surface area contributed by atoms with Gasteiger partial charge < -0.3 is 4.42 Å². The van der Waals surface area contributed by atoms with E-state index in [0.717, 1.165) is 27.5 Å². The van der Waals surface area contributed by atoms with Crippen molar-refractivity contribution in [1.29, 1.82) is 0 Å². The molecule has 276 valence electrons. The van der Waals surface area contributed by atoms with Gasteiger partial charge in [-0.15, -0.1) is 0 Å². The molecule has 2 aliphatic carbocycles. The van der Waals surface area contributed by atoms with Crippen LogP contribution in [0.5, 0.6) is 0 Å². The number of furan rings is 1. The van der Waals surface area contributed by atoms with E-state index in [-0.39, 0.29) is 16.7 Å². The van der Waals surface area contributed by atoms with Crippen LogP contribution >= 0.6 is 0 Å². The minimum atomic E-state index is -0.114. The molecule has 0 aliphatic heterocycles. The summed E-state index contributed by atoms with van der Waals surface area (Å²) < 4.78 is 7.43. The molecule has 0 N–H and O–H groups in total. The van der Waals surface area contributed by atoms with Gasteiger partial charge in [-0.05, 0) is 94.9 Å². The minimum Gasteiger partial charge on any atom is -0.455 e. The number of para-hydroxylation sites is 1. The van der Waals surface area contributed by atoms with Crippen LogP contribution in [0.15, 0.2) is 180 Å². The molecule has 0 bridgehead atoms. The fourth-order valence-corrected chi connectivity index (χ4v) is 10.9. The highest BCUT2D eigenvalue weighted by atomic mass is 16.3. The Kier molecular flexibility index (Phi) is 6.87. The molecule has 12 rings (SSSR count). The van der Waals surface area contributed by atoms with Crippen molar-refractivity contribution in [3.8, 4) is 33.4 Å². The van der Waals surface area contributed by atoms with Gasteiger partial charge in [-0.1, -0.05) is 191 Å². The Morgan fingerprint density at radius 3 is 1.69 bits per heavy atom. The smallest absolute Gasteiger partial charge is 0.143 e. The van der Waals surface area contributed by atoms with Crippen molar-refractivity contribution >= 4 is 43.5 Å². The first-order valence-electron chi connectivity index (χ1n) is 20.6. The lowest BCUT2D eigenvalue weighted by Crippen LogP contribution is -2.16. The zero-order valence-corrected chi connectivity index (χ0v) is 33.2. The molecule has 0 spiro atoms. The van der Waals surface area contributed by atoms with E-state index < -0.39 is 0 Å². The van der Waals surface area contributed by atoms with Gasteiger partial charge in [0.05, 0.1) is 0 Å². The largest absolute Gasteiger partial charge is 0.455 e. The van der Waals surface area contributed by atoms with Crippen LogP contribution in [-0.4, -0.2) is 0 Å². The summed E-state index contributed by atoms with van der Waals surface area (Å²) in [5, 5.41) is 7.22. The molecule has 1 heteroatoms. The summed E-state index contributed by atoms with van der Waals surface area (Å²) >= 11 is 0. The Morgan fingerprint density at radius 2 is 0.931 bits per heavy atom. The van der Waals surface area contributed by atoms with Gasteiger partial charge in [-0.25, -0.2) is 0 Å². The normalized spacial score (nSPS) is 15.1. The van der Waals surface area contributed by atoms with Gasteiger partial charge in [0.15, 0.2) is 0 Å². The maximum atomic E-state index is 7.43. The number of fused-ring (bicyclic) bond motifs is 11. The molecule has 1 unspecified atom stereocenters. The standard InChI is InChI=1S/C57H42O/c1-56(2)48-25-11-9-20-40(48)42-29-27-36(32-50(42)56)52(44-22-13-17-34-15-5-7-18-38(34)44)46-24-14-23-45-47-31-35-16-6-8-19-39(35)53(55(47)58-54(45)46)37-28-30-43-41-21-10-12-26-49(41)57(3,4)51(43)33-37/h5-33,52H,1-4H3. The van der Waals surface area contributed by atoms with Crippen molar-refractivity contribution in [2.45, 2.75) is 44.4 Å². The van der Waals surface area contributed by atoms with Crippen LogP contribution in [-0.2, 0) is 10.8 Å². The summed E-state index contributed by atoms with van der Waals surface area (Å²) in [6.07, 6.45) is 0. The summed E-state index contributed by atoms with van der Waals surface area (Å²) in [5.41, 5.74) is 18.6. The van der Waals surface area contributed by atoms with E-state index in [1.54, 1.807) is 0 Å². The summed E-state index contributed by atoms with van der Waals surface area (Å²) in [4.78, 5) is 0. The molecule has 0 saturated carbocycles. The Bertz CT molecular complexity index is 3350. The predicted molar refractivity (Wildman–Crippen MR) is 243 cm³/mol. The maximum absolute atomic E-state index is 7.43. The number of hydrogen-bond acceptors (Lipinski definition) is 1. The van der Waals surface area contributed by atoms with Crippen molar-refractivity contribution in [2.75, 3.05) is 0 Å². The molecule has 1 heterocycles. The predicted octanol–water partition coefficient (Wildman–Crippen LogP) is 15.4. The molecule has 0 fully saturated rings. The number of hydrogen-bond donors (Lipinski definition) is 0. The summed E-state index contributed by atoms with van der Waals surface area (Å²) in [5.74, 6) is -0.0719. The second-order valence-corrected chi connectivity index (χ2v) is 17.6. The van der Waals surface area contributed by atoms with Crippen LogP contribution in [0.3, 0.4) is 0 Å². The molecule has 1 aromatic heterocycles. The monoisotopic (exact) mass is 742 g/mol. The Labute approximate surface area is 339 Å². The fourth-order valence-electron chi connectivity index (χ4n) is 10.9. The van der Waals surface area contributed by atoms with Gasteiger partial charge in [-0.3, -0.25) is 0 Å². The quantitative estimate of drug-likeness (QED) is 0.164. The molecule has 2 aliphatic rings. The van der Waals surface area contributed by atoms with E-state index in [0.29, 0.717) is 0 Å².